The Hall–Kier alpha value is -1.39. The smallest absolute Gasteiger partial charge is 0.391 e. The average molecular weight is 272 g/mol. The molecule has 1 fully saturated rings. The molecule has 0 aliphatic carbocycles. The third-order valence-corrected chi connectivity index (χ3v) is 3.88. The fraction of sp³-hybridized carbons (Fsp3) is 0.571. The maximum Gasteiger partial charge on any atom is 0.391 e. The number of anilines is 2. The van der Waals surface area contributed by atoms with Crippen molar-refractivity contribution < 1.29 is 13.2 Å². The highest BCUT2D eigenvalue weighted by Gasteiger charge is 2.41. The quantitative estimate of drug-likeness (QED) is 0.790. The first-order valence-electron chi connectivity index (χ1n) is 6.47. The highest BCUT2D eigenvalue weighted by molar-refractivity contribution is 5.63. The van der Waals surface area contributed by atoms with Gasteiger partial charge in [-0.25, -0.2) is 0 Å². The molecule has 1 aromatic rings. The number of alkyl halides is 3. The zero-order valence-electron chi connectivity index (χ0n) is 11.2. The van der Waals surface area contributed by atoms with E-state index in [1.54, 1.807) is 0 Å². The number of halogens is 3. The first-order chi connectivity index (χ1) is 8.79. The monoisotopic (exact) mass is 272 g/mol. The van der Waals surface area contributed by atoms with Crippen LogP contribution in [0.5, 0.6) is 0 Å². The molecule has 5 heteroatoms. The fourth-order valence-electron chi connectivity index (χ4n) is 2.61. The Morgan fingerprint density at radius 3 is 2.21 bits per heavy atom. The van der Waals surface area contributed by atoms with Crippen LogP contribution in [0.2, 0.25) is 0 Å². The molecule has 0 unspecified atom stereocenters. The number of nitrogen functional groups attached to an aromatic ring is 1. The van der Waals surface area contributed by atoms with Gasteiger partial charge in [0.05, 0.1) is 5.92 Å². The minimum absolute atomic E-state index is 0.173. The van der Waals surface area contributed by atoms with Crippen molar-refractivity contribution in [2.24, 2.45) is 5.92 Å². The highest BCUT2D eigenvalue weighted by Crippen LogP contribution is 2.36. The van der Waals surface area contributed by atoms with Crippen LogP contribution in [0.4, 0.5) is 24.5 Å². The van der Waals surface area contributed by atoms with Crippen LogP contribution in [0.1, 0.15) is 24.0 Å². The van der Waals surface area contributed by atoms with Gasteiger partial charge in [0.2, 0.25) is 0 Å². The number of benzene rings is 1. The molecule has 19 heavy (non-hydrogen) atoms. The van der Waals surface area contributed by atoms with E-state index in [1.165, 1.54) is 0 Å². The lowest BCUT2D eigenvalue weighted by molar-refractivity contribution is -0.179. The van der Waals surface area contributed by atoms with E-state index < -0.39 is 12.1 Å². The summed E-state index contributed by atoms with van der Waals surface area (Å²) in [6.07, 6.45) is -3.71. The fourth-order valence-corrected chi connectivity index (χ4v) is 2.61. The van der Waals surface area contributed by atoms with Gasteiger partial charge in [0, 0.05) is 24.5 Å². The topological polar surface area (TPSA) is 29.3 Å². The predicted octanol–water partition coefficient (Wildman–Crippen LogP) is 3.66. The second kappa shape index (κ2) is 4.94. The molecule has 1 aliphatic heterocycles. The van der Waals surface area contributed by atoms with Gasteiger partial charge in [-0.05, 0) is 49.9 Å². The molecule has 0 bridgehead atoms. The second-order valence-corrected chi connectivity index (χ2v) is 5.30. The van der Waals surface area contributed by atoms with Crippen molar-refractivity contribution >= 4 is 11.4 Å². The zero-order chi connectivity index (χ0) is 14.2. The van der Waals surface area contributed by atoms with Crippen molar-refractivity contribution in [1.82, 2.24) is 0 Å². The van der Waals surface area contributed by atoms with E-state index in [2.05, 4.69) is 0 Å². The molecular formula is C14H19F3N2. The summed E-state index contributed by atoms with van der Waals surface area (Å²) >= 11 is 0. The summed E-state index contributed by atoms with van der Waals surface area (Å²) in [6, 6.07) is 3.86. The molecule has 2 nitrogen and oxygen atoms in total. The van der Waals surface area contributed by atoms with Crippen LogP contribution in [0.3, 0.4) is 0 Å². The van der Waals surface area contributed by atoms with Gasteiger partial charge in [0.1, 0.15) is 0 Å². The number of hydrogen-bond acceptors (Lipinski definition) is 2. The van der Waals surface area contributed by atoms with Crippen LogP contribution in [-0.4, -0.2) is 19.3 Å². The van der Waals surface area contributed by atoms with E-state index in [0.717, 1.165) is 22.5 Å². The number of aryl methyl sites for hydroxylation is 2. The molecule has 1 aromatic carbocycles. The van der Waals surface area contributed by atoms with Crippen LogP contribution in [0.15, 0.2) is 12.1 Å². The molecule has 1 aliphatic rings. The summed E-state index contributed by atoms with van der Waals surface area (Å²) < 4.78 is 37.9. The van der Waals surface area contributed by atoms with Crippen molar-refractivity contribution in [1.29, 1.82) is 0 Å². The zero-order valence-corrected chi connectivity index (χ0v) is 11.2. The van der Waals surface area contributed by atoms with Crippen molar-refractivity contribution in [2.75, 3.05) is 23.7 Å². The molecule has 0 aromatic heterocycles. The summed E-state index contributed by atoms with van der Waals surface area (Å²) in [5.74, 6) is -1.15. The van der Waals surface area contributed by atoms with Crippen molar-refractivity contribution in [3.63, 3.8) is 0 Å². The highest BCUT2D eigenvalue weighted by atomic mass is 19.4. The Morgan fingerprint density at radius 1 is 1.11 bits per heavy atom. The molecule has 1 heterocycles. The second-order valence-electron chi connectivity index (χ2n) is 5.30. The van der Waals surface area contributed by atoms with Crippen molar-refractivity contribution in [3.05, 3.63) is 23.3 Å². The van der Waals surface area contributed by atoms with E-state index in [-0.39, 0.29) is 12.8 Å². The maximum atomic E-state index is 12.6. The molecule has 2 N–H and O–H groups in total. The minimum Gasteiger partial charge on any atom is -0.399 e. The molecule has 106 valence electrons. The number of rotatable bonds is 1. The lowest BCUT2D eigenvalue weighted by Gasteiger charge is -2.35. The molecule has 2 rings (SSSR count). The molecule has 0 amide bonds. The summed E-state index contributed by atoms with van der Waals surface area (Å²) in [4.78, 5) is 2.03. The number of piperidine rings is 1. The SMILES string of the molecule is Cc1cc(N2CCC(C(F)(F)F)CC2)c(C)cc1N. The van der Waals surface area contributed by atoms with E-state index in [4.69, 9.17) is 5.73 Å². The molecule has 0 spiro atoms. The minimum atomic E-state index is -4.06. The van der Waals surface area contributed by atoms with Gasteiger partial charge in [0.15, 0.2) is 0 Å². The number of nitrogens with zero attached hydrogens (tertiary/aromatic N) is 1. The standard InChI is InChI=1S/C14H19F3N2/c1-9-8-13(10(2)7-12(9)18)19-5-3-11(4-6-19)14(15,16)17/h7-8,11H,3-6,18H2,1-2H3. The third kappa shape index (κ3) is 2.96. The van der Waals surface area contributed by atoms with E-state index in [1.807, 2.05) is 30.9 Å². The molecule has 0 saturated carbocycles. The summed E-state index contributed by atoms with van der Waals surface area (Å²) in [5.41, 5.74) is 9.56. The van der Waals surface area contributed by atoms with Crippen LogP contribution in [0.25, 0.3) is 0 Å². The Morgan fingerprint density at radius 2 is 1.68 bits per heavy atom. The van der Waals surface area contributed by atoms with Gasteiger partial charge < -0.3 is 10.6 Å². The average Bonchev–Trinajstić information content (AvgIpc) is 2.33. The molecule has 0 atom stereocenters. The van der Waals surface area contributed by atoms with Gasteiger partial charge in [-0.2, -0.15) is 13.2 Å². The normalized spacial score (nSPS) is 17.8. The number of hydrogen-bond donors (Lipinski definition) is 1. The van der Waals surface area contributed by atoms with Gasteiger partial charge >= 0.3 is 6.18 Å². The van der Waals surface area contributed by atoms with Gasteiger partial charge in [0.25, 0.3) is 0 Å². The van der Waals surface area contributed by atoms with Gasteiger partial charge in [-0.15, -0.1) is 0 Å². The van der Waals surface area contributed by atoms with Gasteiger partial charge in [-0.3, -0.25) is 0 Å². The first kappa shape index (κ1) is 14.0. The molecular weight excluding hydrogens is 253 g/mol. The summed E-state index contributed by atoms with van der Waals surface area (Å²) in [7, 11) is 0. The Labute approximate surface area is 111 Å². The maximum absolute atomic E-state index is 12.6. The Kier molecular flexibility index (Phi) is 3.65. The summed E-state index contributed by atoms with van der Waals surface area (Å²) in [6.45, 7) is 4.77. The van der Waals surface area contributed by atoms with Crippen molar-refractivity contribution in [3.8, 4) is 0 Å². The van der Waals surface area contributed by atoms with E-state index >= 15 is 0 Å². The van der Waals surface area contributed by atoms with E-state index in [0.29, 0.717) is 13.1 Å². The summed E-state index contributed by atoms with van der Waals surface area (Å²) in [5, 5.41) is 0. The number of nitrogens with two attached hydrogens (primary N) is 1. The van der Waals surface area contributed by atoms with Crippen LogP contribution in [-0.2, 0) is 0 Å². The van der Waals surface area contributed by atoms with E-state index in [9.17, 15) is 13.2 Å². The van der Waals surface area contributed by atoms with Crippen molar-refractivity contribution in [2.45, 2.75) is 32.9 Å². The largest absolute Gasteiger partial charge is 0.399 e. The lowest BCUT2D eigenvalue weighted by atomic mass is 9.95. The lowest BCUT2D eigenvalue weighted by Crippen LogP contribution is -2.39. The Balaban J connectivity index is 2.12. The Bertz CT molecular complexity index is 460. The first-order valence-corrected chi connectivity index (χ1v) is 6.47. The van der Waals surface area contributed by atoms with Crippen LogP contribution >= 0.6 is 0 Å². The third-order valence-electron chi connectivity index (χ3n) is 3.88. The molecule has 0 radical (unpaired) electrons. The predicted molar refractivity (Wildman–Crippen MR) is 71.3 cm³/mol. The van der Waals surface area contributed by atoms with Crippen LogP contribution < -0.4 is 10.6 Å². The molecule has 1 saturated heterocycles. The van der Waals surface area contributed by atoms with Crippen LogP contribution in [0, 0.1) is 19.8 Å². The van der Waals surface area contributed by atoms with Gasteiger partial charge in [-0.1, -0.05) is 0 Å².